The highest BCUT2D eigenvalue weighted by molar-refractivity contribution is 5.77. The summed E-state index contributed by atoms with van der Waals surface area (Å²) in [7, 11) is 0. The van der Waals surface area contributed by atoms with Gasteiger partial charge in [0.05, 0.1) is 0 Å². The van der Waals surface area contributed by atoms with Crippen LogP contribution in [0.3, 0.4) is 0 Å². The number of rotatable bonds is 4. The number of hydrogen-bond acceptors (Lipinski definition) is 3. The Balaban J connectivity index is 2.32. The summed E-state index contributed by atoms with van der Waals surface area (Å²) in [6.45, 7) is 6.37. The fraction of sp³-hybridized carbons (Fsp3) is 0.400. The average molecular weight is 246 g/mol. The smallest absolute Gasteiger partial charge is 0.336 e. The first kappa shape index (κ1) is 12.7. The monoisotopic (exact) mass is 246 g/mol. The van der Waals surface area contributed by atoms with Gasteiger partial charge in [0.1, 0.15) is 17.4 Å². The summed E-state index contributed by atoms with van der Waals surface area (Å²) in [4.78, 5) is 11.2. The quantitative estimate of drug-likeness (QED) is 0.774. The number of ether oxygens (including phenoxy) is 1. The zero-order valence-corrected chi connectivity index (χ0v) is 11.0. The minimum Gasteiger partial charge on any atom is -0.490 e. The molecule has 2 aromatic rings. The van der Waals surface area contributed by atoms with Crippen LogP contribution in [0.5, 0.6) is 5.75 Å². The average Bonchev–Trinajstić information content (AvgIpc) is 2.35. The van der Waals surface area contributed by atoms with E-state index in [9.17, 15) is 4.79 Å². The first-order valence-electron chi connectivity index (χ1n) is 6.30. The van der Waals surface area contributed by atoms with Gasteiger partial charge in [0.2, 0.25) is 0 Å². The molecule has 0 aliphatic rings. The van der Waals surface area contributed by atoms with E-state index in [4.69, 9.17) is 9.15 Å². The maximum Gasteiger partial charge on any atom is 0.336 e. The zero-order valence-electron chi connectivity index (χ0n) is 11.0. The number of fused-ring (bicyclic) bond motifs is 1. The van der Waals surface area contributed by atoms with Crippen LogP contribution in [0.2, 0.25) is 0 Å². The SMILES string of the molecule is CCC(Oc1ccc2ccc(=O)oc2c1)C(C)C. The van der Waals surface area contributed by atoms with E-state index in [1.807, 2.05) is 12.1 Å². The fourth-order valence-electron chi connectivity index (χ4n) is 1.98. The Labute approximate surface area is 106 Å². The van der Waals surface area contributed by atoms with Crippen molar-refractivity contribution in [2.45, 2.75) is 33.3 Å². The van der Waals surface area contributed by atoms with Crippen molar-refractivity contribution in [2.75, 3.05) is 0 Å². The van der Waals surface area contributed by atoms with E-state index in [-0.39, 0.29) is 11.7 Å². The van der Waals surface area contributed by atoms with Crippen LogP contribution >= 0.6 is 0 Å². The van der Waals surface area contributed by atoms with Crippen molar-refractivity contribution in [3.05, 3.63) is 40.8 Å². The van der Waals surface area contributed by atoms with E-state index < -0.39 is 0 Å². The molecule has 3 heteroatoms. The molecule has 0 saturated carbocycles. The molecular formula is C15H18O3. The Hall–Kier alpha value is -1.77. The molecule has 96 valence electrons. The Bertz CT molecular complexity index is 584. The maximum atomic E-state index is 11.2. The Morgan fingerprint density at radius 1 is 1.22 bits per heavy atom. The van der Waals surface area contributed by atoms with Crippen molar-refractivity contribution in [1.82, 2.24) is 0 Å². The number of hydrogen-bond donors (Lipinski definition) is 0. The minimum absolute atomic E-state index is 0.179. The molecule has 1 heterocycles. The molecule has 0 radical (unpaired) electrons. The lowest BCUT2D eigenvalue weighted by Gasteiger charge is -2.21. The second-order valence-corrected chi connectivity index (χ2v) is 4.76. The van der Waals surface area contributed by atoms with Crippen LogP contribution in [-0.4, -0.2) is 6.10 Å². The topological polar surface area (TPSA) is 39.4 Å². The molecule has 0 aliphatic carbocycles. The van der Waals surface area contributed by atoms with E-state index in [0.717, 1.165) is 17.6 Å². The predicted molar refractivity (Wildman–Crippen MR) is 72.0 cm³/mol. The Morgan fingerprint density at radius 2 is 1.94 bits per heavy atom. The summed E-state index contributed by atoms with van der Waals surface area (Å²) in [5.74, 6) is 1.20. The standard InChI is InChI=1S/C15H18O3/c1-4-13(10(2)3)17-12-7-5-11-6-8-15(16)18-14(11)9-12/h5-10,13H,4H2,1-3H3. The van der Waals surface area contributed by atoms with Gasteiger partial charge in [0.15, 0.2) is 0 Å². The van der Waals surface area contributed by atoms with Gasteiger partial charge < -0.3 is 9.15 Å². The van der Waals surface area contributed by atoms with Crippen LogP contribution in [0, 0.1) is 5.92 Å². The van der Waals surface area contributed by atoms with Crippen LogP contribution in [0.4, 0.5) is 0 Å². The van der Waals surface area contributed by atoms with Crippen LogP contribution in [-0.2, 0) is 0 Å². The fourth-order valence-corrected chi connectivity index (χ4v) is 1.98. The molecule has 1 aromatic heterocycles. The molecule has 18 heavy (non-hydrogen) atoms. The summed E-state index contributed by atoms with van der Waals surface area (Å²) >= 11 is 0. The van der Waals surface area contributed by atoms with E-state index in [0.29, 0.717) is 11.5 Å². The van der Waals surface area contributed by atoms with Crippen LogP contribution in [0.15, 0.2) is 39.5 Å². The largest absolute Gasteiger partial charge is 0.490 e. The minimum atomic E-state index is -0.337. The molecule has 2 rings (SSSR count). The maximum absolute atomic E-state index is 11.2. The van der Waals surface area contributed by atoms with Gasteiger partial charge in [-0.15, -0.1) is 0 Å². The molecule has 0 aliphatic heterocycles. The van der Waals surface area contributed by atoms with Crippen molar-refractivity contribution in [1.29, 1.82) is 0 Å². The Morgan fingerprint density at radius 3 is 2.61 bits per heavy atom. The summed E-state index contributed by atoms with van der Waals surface area (Å²) < 4.78 is 11.1. The summed E-state index contributed by atoms with van der Waals surface area (Å²) in [5, 5.41) is 0.902. The van der Waals surface area contributed by atoms with E-state index in [2.05, 4.69) is 20.8 Å². The van der Waals surface area contributed by atoms with Crippen molar-refractivity contribution >= 4 is 11.0 Å². The van der Waals surface area contributed by atoms with Crippen molar-refractivity contribution < 1.29 is 9.15 Å². The molecule has 0 saturated heterocycles. The van der Waals surface area contributed by atoms with E-state index >= 15 is 0 Å². The van der Waals surface area contributed by atoms with Crippen LogP contribution < -0.4 is 10.4 Å². The van der Waals surface area contributed by atoms with E-state index in [1.165, 1.54) is 6.07 Å². The molecule has 0 N–H and O–H groups in total. The van der Waals surface area contributed by atoms with Gasteiger partial charge in [0.25, 0.3) is 0 Å². The third kappa shape index (κ3) is 2.73. The molecule has 1 unspecified atom stereocenters. The Kier molecular flexibility index (Phi) is 3.70. The second kappa shape index (κ2) is 5.25. The molecule has 1 atom stereocenters. The van der Waals surface area contributed by atoms with E-state index in [1.54, 1.807) is 12.1 Å². The van der Waals surface area contributed by atoms with Gasteiger partial charge in [-0.3, -0.25) is 0 Å². The van der Waals surface area contributed by atoms with Crippen LogP contribution in [0.1, 0.15) is 27.2 Å². The summed E-state index contributed by atoms with van der Waals surface area (Å²) in [5.41, 5.74) is 0.231. The molecule has 0 spiro atoms. The highest BCUT2D eigenvalue weighted by atomic mass is 16.5. The lowest BCUT2D eigenvalue weighted by atomic mass is 10.1. The van der Waals surface area contributed by atoms with Gasteiger partial charge in [0, 0.05) is 17.5 Å². The molecule has 0 bridgehead atoms. The molecule has 0 fully saturated rings. The lowest BCUT2D eigenvalue weighted by Crippen LogP contribution is -2.21. The first-order chi connectivity index (χ1) is 8.60. The molecular weight excluding hydrogens is 228 g/mol. The summed E-state index contributed by atoms with van der Waals surface area (Å²) in [6, 6.07) is 8.77. The van der Waals surface area contributed by atoms with Crippen molar-refractivity contribution in [3.8, 4) is 5.75 Å². The molecule has 0 amide bonds. The third-order valence-electron chi connectivity index (χ3n) is 3.03. The van der Waals surface area contributed by atoms with Crippen molar-refractivity contribution in [2.24, 2.45) is 5.92 Å². The molecule has 1 aromatic carbocycles. The highest BCUT2D eigenvalue weighted by Gasteiger charge is 2.13. The zero-order chi connectivity index (χ0) is 13.1. The van der Waals surface area contributed by atoms with Crippen LogP contribution in [0.25, 0.3) is 11.0 Å². The first-order valence-corrected chi connectivity index (χ1v) is 6.30. The van der Waals surface area contributed by atoms with Gasteiger partial charge >= 0.3 is 5.63 Å². The van der Waals surface area contributed by atoms with Gasteiger partial charge in [-0.25, -0.2) is 4.79 Å². The second-order valence-electron chi connectivity index (χ2n) is 4.76. The highest BCUT2D eigenvalue weighted by Crippen LogP contribution is 2.22. The van der Waals surface area contributed by atoms with Gasteiger partial charge in [-0.05, 0) is 30.5 Å². The molecule has 3 nitrogen and oxygen atoms in total. The predicted octanol–water partition coefficient (Wildman–Crippen LogP) is 3.61. The lowest BCUT2D eigenvalue weighted by molar-refractivity contribution is 0.147. The van der Waals surface area contributed by atoms with Crippen molar-refractivity contribution in [3.63, 3.8) is 0 Å². The summed E-state index contributed by atoms with van der Waals surface area (Å²) in [6.07, 6.45) is 1.13. The number of benzene rings is 1. The van der Waals surface area contributed by atoms with Gasteiger partial charge in [-0.1, -0.05) is 20.8 Å². The normalized spacial score (nSPS) is 12.9. The van der Waals surface area contributed by atoms with Gasteiger partial charge in [-0.2, -0.15) is 0 Å². The third-order valence-corrected chi connectivity index (χ3v) is 3.03.